The third-order valence-corrected chi connectivity index (χ3v) is 4.16. The zero-order valence-electron chi connectivity index (χ0n) is 11.7. The third kappa shape index (κ3) is 4.61. The fourth-order valence-electron chi connectivity index (χ4n) is 2.96. The second-order valence-corrected chi connectivity index (χ2v) is 5.66. The van der Waals surface area contributed by atoms with Crippen LogP contribution in [0, 0.1) is 0 Å². The zero-order chi connectivity index (χ0) is 12.4. The molecule has 2 unspecified atom stereocenters. The van der Waals surface area contributed by atoms with Crippen LogP contribution in [0.25, 0.3) is 0 Å². The van der Waals surface area contributed by atoms with Crippen molar-refractivity contribution < 1.29 is 0 Å². The van der Waals surface area contributed by atoms with Gasteiger partial charge in [0.25, 0.3) is 0 Å². The Morgan fingerprint density at radius 2 is 1.95 bits per heavy atom. The molecule has 2 aliphatic rings. The molecule has 0 spiro atoms. The Balaban J connectivity index is 0.000001000. The van der Waals surface area contributed by atoms with Gasteiger partial charge in [0.05, 0.1) is 0 Å². The van der Waals surface area contributed by atoms with E-state index >= 15 is 0 Å². The van der Waals surface area contributed by atoms with Crippen LogP contribution in [0.1, 0.15) is 24.3 Å². The van der Waals surface area contributed by atoms with Crippen molar-refractivity contribution in [3.8, 4) is 0 Å². The first kappa shape index (κ1) is 17.7. The number of halogens is 2. The van der Waals surface area contributed by atoms with Crippen molar-refractivity contribution in [1.82, 2.24) is 10.2 Å². The SMILES string of the molecule is Cl.Cl.N[C@@H]1CCN(CCNC2CC2c2ccccc2)C1. The Morgan fingerprint density at radius 3 is 2.60 bits per heavy atom. The molecule has 0 amide bonds. The summed E-state index contributed by atoms with van der Waals surface area (Å²) in [5, 5.41) is 3.66. The number of nitrogens with zero attached hydrogens (tertiary/aromatic N) is 1. The highest BCUT2D eigenvalue weighted by Crippen LogP contribution is 2.40. The summed E-state index contributed by atoms with van der Waals surface area (Å²) in [6, 6.07) is 11.9. The predicted octanol–water partition coefficient (Wildman–Crippen LogP) is 2.01. The number of likely N-dealkylation sites (tertiary alicyclic amines) is 1. The topological polar surface area (TPSA) is 41.3 Å². The lowest BCUT2D eigenvalue weighted by atomic mass is 10.1. The molecule has 1 aliphatic carbocycles. The van der Waals surface area contributed by atoms with Crippen molar-refractivity contribution in [2.24, 2.45) is 5.73 Å². The van der Waals surface area contributed by atoms with Crippen LogP contribution < -0.4 is 11.1 Å². The Morgan fingerprint density at radius 1 is 1.20 bits per heavy atom. The van der Waals surface area contributed by atoms with E-state index in [2.05, 4.69) is 40.5 Å². The summed E-state index contributed by atoms with van der Waals surface area (Å²) in [5.41, 5.74) is 7.39. The van der Waals surface area contributed by atoms with Gasteiger partial charge in [-0.25, -0.2) is 0 Å². The molecule has 3 nitrogen and oxygen atoms in total. The monoisotopic (exact) mass is 317 g/mol. The number of benzene rings is 1. The highest BCUT2D eigenvalue weighted by molar-refractivity contribution is 5.85. The van der Waals surface area contributed by atoms with Gasteiger partial charge in [-0.2, -0.15) is 0 Å². The van der Waals surface area contributed by atoms with Crippen LogP contribution in [-0.4, -0.2) is 43.2 Å². The molecule has 1 aromatic rings. The van der Waals surface area contributed by atoms with Gasteiger partial charge in [0.2, 0.25) is 0 Å². The summed E-state index contributed by atoms with van der Waals surface area (Å²) in [6.07, 6.45) is 2.46. The molecule has 3 rings (SSSR count). The number of hydrogen-bond donors (Lipinski definition) is 2. The molecule has 1 aromatic carbocycles. The minimum absolute atomic E-state index is 0. The minimum Gasteiger partial charge on any atom is -0.326 e. The van der Waals surface area contributed by atoms with Crippen LogP contribution in [0.5, 0.6) is 0 Å². The zero-order valence-corrected chi connectivity index (χ0v) is 13.3. The lowest BCUT2D eigenvalue weighted by Crippen LogP contribution is -2.33. The van der Waals surface area contributed by atoms with Crippen LogP contribution in [-0.2, 0) is 0 Å². The number of nitrogens with one attached hydrogen (secondary N) is 1. The summed E-state index contributed by atoms with van der Waals surface area (Å²) in [4.78, 5) is 2.47. The van der Waals surface area contributed by atoms with Gasteiger partial charge in [-0.05, 0) is 24.9 Å². The molecule has 0 bridgehead atoms. The van der Waals surface area contributed by atoms with Crippen LogP contribution in [0.15, 0.2) is 30.3 Å². The van der Waals surface area contributed by atoms with Crippen LogP contribution in [0.3, 0.4) is 0 Å². The Hall–Kier alpha value is -0.320. The maximum absolute atomic E-state index is 5.90. The summed E-state index contributed by atoms with van der Waals surface area (Å²) < 4.78 is 0. The summed E-state index contributed by atoms with van der Waals surface area (Å²) in [7, 11) is 0. The number of nitrogens with two attached hydrogens (primary N) is 1. The molecule has 3 atom stereocenters. The average molecular weight is 318 g/mol. The first-order valence-electron chi connectivity index (χ1n) is 7.09. The standard InChI is InChI=1S/C15H23N3.2ClH/c16-13-6-8-18(11-13)9-7-17-15-10-14(15)12-4-2-1-3-5-12;;/h1-5,13-15,17H,6-11,16H2;2*1H/t13-,14?,15?;;/m1../s1. The van der Waals surface area contributed by atoms with E-state index in [0.29, 0.717) is 12.1 Å². The molecule has 1 aliphatic heterocycles. The molecule has 2 fully saturated rings. The summed E-state index contributed by atoms with van der Waals surface area (Å²) >= 11 is 0. The van der Waals surface area contributed by atoms with E-state index in [-0.39, 0.29) is 24.8 Å². The Labute approximate surface area is 134 Å². The largest absolute Gasteiger partial charge is 0.326 e. The molecule has 114 valence electrons. The van der Waals surface area contributed by atoms with Gasteiger partial charge >= 0.3 is 0 Å². The van der Waals surface area contributed by atoms with E-state index in [1.165, 1.54) is 18.5 Å². The average Bonchev–Trinajstić information content (AvgIpc) is 3.05. The van der Waals surface area contributed by atoms with Crippen molar-refractivity contribution in [1.29, 1.82) is 0 Å². The van der Waals surface area contributed by atoms with Gasteiger partial charge in [-0.15, -0.1) is 24.8 Å². The van der Waals surface area contributed by atoms with E-state index < -0.39 is 0 Å². The minimum atomic E-state index is 0. The molecule has 0 radical (unpaired) electrons. The molecular formula is C15H25Cl2N3. The number of hydrogen-bond acceptors (Lipinski definition) is 3. The van der Waals surface area contributed by atoms with E-state index in [0.717, 1.165) is 32.0 Å². The fraction of sp³-hybridized carbons (Fsp3) is 0.600. The fourth-order valence-corrected chi connectivity index (χ4v) is 2.96. The molecule has 1 saturated heterocycles. The van der Waals surface area contributed by atoms with Crippen LogP contribution in [0.2, 0.25) is 0 Å². The normalized spacial score (nSPS) is 28.6. The lowest BCUT2D eigenvalue weighted by molar-refractivity contribution is 0.331. The first-order valence-corrected chi connectivity index (χ1v) is 7.09. The van der Waals surface area contributed by atoms with E-state index in [1.54, 1.807) is 0 Å². The van der Waals surface area contributed by atoms with Gasteiger partial charge in [-0.1, -0.05) is 30.3 Å². The quantitative estimate of drug-likeness (QED) is 0.873. The highest BCUT2D eigenvalue weighted by Gasteiger charge is 2.37. The first-order chi connectivity index (χ1) is 8.83. The Bertz CT molecular complexity index is 388. The molecular weight excluding hydrogens is 293 g/mol. The molecule has 5 heteroatoms. The summed E-state index contributed by atoms with van der Waals surface area (Å²) in [6.45, 7) is 4.50. The molecule has 1 heterocycles. The Kier molecular flexibility index (Phi) is 7.27. The van der Waals surface area contributed by atoms with Gasteiger partial charge in [0, 0.05) is 37.6 Å². The van der Waals surface area contributed by atoms with Crippen LogP contribution in [0.4, 0.5) is 0 Å². The molecule has 0 aromatic heterocycles. The molecule has 1 saturated carbocycles. The van der Waals surface area contributed by atoms with E-state index in [1.807, 2.05) is 0 Å². The van der Waals surface area contributed by atoms with E-state index in [4.69, 9.17) is 5.73 Å². The summed E-state index contributed by atoms with van der Waals surface area (Å²) in [5.74, 6) is 0.743. The predicted molar refractivity (Wildman–Crippen MR) is 89.1 cm³/mol. The van der Waals surface area contributed by atoms with Crippen molar-refractivity contribution in [3.05, 3.63) is 35.9 Å². The second-order valence-electron chi connectivity index (χ2n) is 5.66. The van der Waals surface area contributed by atoms with Crippen molar-refractivity contribution in [2.75, 3.05) is 26.2 Å². The van der Waals surface area contributed by atoms with Gasteiger partial charge in [-0.3, -0.25) is 0 Å². The van der Waals surface area contributed by atoms with Crippen molar-refractivity contribution in [3.63, 3.8) is 0 Å². The smallest absolute Gasteiger partial charge is 0.0180 e. The highest BCUT2D eigenvalue weighted by atomic mass is 35.5. The van der Waals surface area contributed by atoms with Crippen LogP contribution >= 0.6 is 24.8 Å². The molecule has 20 heavy (non-hydrogen) atoms. The van der Waals surface area contributed by atoms with E-state index in [9.17, 15) is 0 Å². The van der Waals surface area contributed by atoms with Crippen molar-refractivity contribution in [2.45, 2.75) is 30.8 Å². The van der Waals surface area contributed by atoms with Gasteiger partial charge in [0.15, 0.2) is 0 Å². The van der Waals surface area contributed by atoms with Gasteiger partial charge in [0.1, 0.15) is 0 Å². The van der Waals surface area contributed by atoms with Crippen molar-refractivity contribution >= 4 is 24.8 Å². The molecule has 3 N–H and O–H groups in total. The lowest BCUT2D eigenvalue weighted by Gasteiger charge is -2.15. The number of rotatable bonds is 5. The second kappa shape index (κ2) is 8.20. The maximum atomic E-state index is 5.90. The van der Waals surface area contributed by atoms with Gasteiger partial charge < -0.3 is 16.0 Å². The maximum Gasteiger partial charge on any atom is 0.0180 e. The third-order valence-electron chi connectivity index (χ3n) is 4.16.